The summed E-state index contributed by atoms with van der Waals surface area (Å²) in [6.45, 7) is -0.647. The molecule has 0 aliphatic heterocycles. The Labute approximate surface area is 260 Å². The van der Waals surface area contributed by atoms with Gasteiger partial charge in [0.15, 0.2) is 0 Å². The molecule has 1 unspecified atom stereocenters. The van der Waals surface area contributed by atoms with E-state index in [4.69, 9.17) is 34.8 Å². The van der Waals surface area contributed by atoms with E-state index in [9.17, 15) is 18.0 Å². The third-order valence-corrected chi connectivity index (χ3v) is 9.24. The fourth-order valence-electron chi connectivity index (χ4n) is 4.42. The Balaban J connectivity index is 1.80. The van der Waals surface area contributed by atoms with E-state index in [1.807, 2.05) is 30.3 Å². The van der Waals surface area contributed by atoms with Crippen LogP contribution < -0.4 is 9.62 Å². The van der Waals surface area contributed by atoms with Gasteiger partial charge in [0.2, 0.25) is 11.8 Å². The van der Waals surface area contributed by atoms with E-state index in [0.717, 1.165) is 9.87 Å². The van der Waals surface area contributed by atoms with Crippen LogP contribution in [0.15, 0.2) is 108 Å². The van der Waals surface area contributed by atoms with Gasteiger partial charge < -0.3 is 10.2 Å². The second kappa shape index (κ2) is 14.1. The van der Waals surface area contributed by atoms with Crippen LogP contribution in [0.4, 0.5) is 5.69 Å². The first-order valence-electron chi connectivity index (χ1n) is 12.9. The number of carbonyl (C=O) groups is 2. The van der Waals surface area contributed by atoms with Gasteiger partial charge in [-0.2, -0.15) is 0 Å². The molecule has 4 rings (SSSR count). The van der Waals surface area contributed by atoms with Gasteiger partial charge in [0.1, 0.15) is 12.6 Å². The summed E-state index contributed by atoms with van der Waals surface area (Å²) in [7, 11) is -2.78. The van der Waals surface area contributed by atoms with E-state index in [2.05, 4.69) is 5.32 Å². The van der Waals surface area contributed by atoms with Gasteiger partial charge >= 0.3 is 0 Å². The number of carbonyl (C=O) groups excluding carboxylic acids is 2. The maximum Gasteiger partial charge on any atom is 0.264 e. The van der Waals surface area contributed by atoms with Gasteiger partial charge in [-0.05, 0) is 59.7 Å². The lowest BCUT2D eigenvalue weighted by Gasteiger charge is -2.33. The average Bonchev–Trinajstić information content (AvgIpc) is 2.98. The first kappa shape index (κ1) is 31.4. The van der Waals surface area contributed by atoms with Gasteiger partial charge in [0.05, 0.1) is 10.6 Å². The van der Waals surface area contributed by atoms with Crippen molar-refractivity contribution in [3.05, 3.63) is 129 Å². The van der Waals surface area contributed by atoms with Crippen LogP contribution in [0.25, 0.3) is 0 Å². The number of hydrogen-bond donors (Lipinski definition) is 1. The fourth-order valence-corrected chi connectivity index (χ4v) is 6.34. The number of anilines is 1. The minimum absolute atomic E-state index is 0.0339. The van der Waals surface area contributed by atoms with Crippen LogP contribution in [-0.4, -0.2) is 44.8 Å². The third-order valence-electron chi connectivity index (χ3n) is 6.59. The molecule has 11 heteroatoms. The second-order valence-corrected chi connectivity index (χ2v) is 12.5. The third kappa shape index (κ3) is 7.63. The maximum atomic E-state index is 14.3. The van der Waals surface area contributed by atoms with E-state index >= 15 is 0 Å². The molecule has 0 saturated heterocycles. The highest BCUT2D eigenvalue weighted by Crippen LogP contribution is 2.28. The van der Waals surface area contributed by atoms with E-state index in [0.29, 0.717) is 15.6 Å². The molecular formula is C31H28Cl3N3O4S. The van der Waals surface area contributed by atoms with Crippen molar-refractivity contribution in [1.82, 2.24) is 10.2 Å². The van der Waals surface area contributed by atoms with Crippen molar-refractivity contribution >= 4 is 62.3 Å². The number of nitrogens with zero attached hydrogens (tertiary/aromatic N) is 2. The maximum absolute atomic E-state index is 14.3. The molecule has 0 fully saturated rings. The fraction of sp³-hybridized carbons (Fsp3) is 0.161. The van der Waals surface area contributed by atoms with Crippen molar-refractivity contribution in [2.45, 2.75) is 23.9 Å². The lowest BCUT2D eigenvalue weighted by Crippen LogP contribution is -2.53. The van der Waals surface area contributed by atoms with Crippen LogP contribution in [0, 0.1) is 0 Å². The molecule has 7 nitrogen and oxygen atoms in total. The largest absolute Gasteiger partial charge is 0.357 e. The van der Waals surface area contributed by atoms with Crippen molar-refractivity contribution in [2.75, 3.05) is 17.9 Å². The number of benzene rings is 4. The predicted molar refractivity (Wildman–Crippen MR) is 167 cm³/mol. The van der Waals surface area contributed by atoms with Crippen molar-refractivity contribution in [1.29, 1.82) is 0 Å². The molecule has 0 aromatic heterocycles. The van der Waals surface area contributed by atoms with Crippen molar-refractivity contribution in [2.24, 2.45) is 0 Å². The summed E-state index contributed by atoms with van der Waals surface area (Å²) in [5.74, 6) is -1.02. The predicted octanol–water partition coefficient (Wildman–Crippen LogP) is 6.23. The SMILES string of the molecule is CNC(=O)C(Cc1ccccc1)N(Cc1ccccc1Cl)C(=O)CN(c1cccc(Cl)c1)S(=O)(=O)c1ccc(Cl)cc1. The van der Waals surface area contributed by atoms with Gasteiger partial charge in [-0.1, -0.05) is 89.4 Å². The molecule has 0 radical (unpaired) electrons. The van der Waals surface area contributed by atoms with Crippen molar-refractivity contribution in [3.63, 3.8) is 0 Å². The van der Waals surface area contributed by atoms with Gasteiger partial charge in [-0.25, -0.2) is 8.42 Å². The lowest BCUT2D eigenvalue weighted by atomic mass is 10.0. The summed E-state index contributed by atoms with van der Waals surface area (Å²) in [4.78, 5) is 28.8. The Morgan fingerprint density at radius 2 is 1.48 bits per heavy atom. The van der Waals surface area contributed by atoms with Gasteiger partial charge in [-0.15, -0.1) is 0 Å². The zero-order valence-corrected chi connectivity index (χ0v) is 25.7. The standard InChI is InChI=1S/C31H28Cl3N3O4S/c1-35-31(39)29(18-22-8-3-2-4-9-22)36(20-23-10-5-6-13-28(23)34)30(38)21-37(26-12-7-11-25(33)19-26)42(40,41)27-16-14-24(32)15-17-27/h2-17,19,29H,18,20-21H2,1H3,(H,35,39). The van der Waals surface area contributed by atoms with E-state index < -0.39 is 34.4 Å². The quantitative estimate of drug-likeness (QED) is 0.210. The molecule has 4 aromatic carbocycles. The number of amides is 2. The van der Waals surface area contributed by atoms with Crippen LogP contribution in [0.2, 0.25) is 15.1 Å². The molecule has 2 amide bonds. The lowest BCUT2D eigenvalue weighted by molar-refractivity contribution is -0.139. The molecule has 4 aromatic rings. The molecule has 0 bridgehead atoms. The van der Waals surface area contributed by atoms with Crippen LogP contribution in [-0.2, 0) is 32.6 Å². The smallest absolute Gasteiger partial charge is 0.264 e. The Kier molecular flexibility index (Phi) is 10.5. The van der Waals surface area contributed by atoms with Crippen LogP contribution in [0.3, 0.4) is 0 Å². The molecule has 1 N–H and O–H groups in total. The van der Waals surface area contributed by atoms with E-state index in [1.54, 1.807) is 42.5 Å². The normalized spacial score (nSPS) is 11.9. The molecule has 0 saturated carbocycles. The summed E-state index contributed by atoms with van der Waals surface area (Å²) in [6.07, 6.45) is 0.192. The Bertz CT molecular complexity index is 1650. The first-order valence-corrected chi connectivity index (χ1v) is 15.5. The van der Waals surface area contributed by atoms with Gasteiger partial charge in [0.25, 0.3) is 10.0 Å². The van der Waals surface area contributed by atoms with Gasteiger partial charge in [0, 0.05) is 35.1 Å². The summed E-state index contributed by atoms with van der Waals surface area (Å²) >= 11 is 18.7. The highest BCUT2D eigenvalue weighted by atomic mass is 35.5. The molecule has 1 atom stereocenters. The average molecular weight is 645 g/mol. The number of halogens is 3. The summed E-state index contributed by atoms with van der Waals surface area (Å²) in [6, 6.07) is 27.1. The highest BCUT2D eigenvalue weighted by molar-refractivity contribution is 7.92. The molecule has 42 heavy (non-hydrogen) atoms. The minimum Gasteiger partial charge on any atom is -0.357 e. The second-order valence-electron chi connectivity index (χ2n) is 9.38. The Hall–Kier alpha value is -3.56. The molecule has 0 aliphatic carbocycles. The zero-order valence-electron chi connectivity index (χ0n) is 22.6. The first-order chi connectivity index (χ1) is 20.1. The highest BCUT2D eigenvalue weighted by Gasteiger charge is 2.34. The number of rotatable bonds is 11. The number of nitrogens with one attached hydrogen (secondary N) is 1. The summed E-state index contributed by atoms with van der Waals surface area (Å²) in [5.41, 5.74) is 1.61. The summed E-state index contributed by atoms with van der Waals surface area (Å²) in [5, 5.41) is 3.70. The van der Waals surface area contributed by atoms with Crippen molar-refractivity contribution in [3.8, 4) is 0 Å². The molecule has 0 heterocycles. The molecular weight excluding hydrogens is 617 g/mol. The summed E-state index contributed by atoms with van der Waals surface area (Å²) < 4.78 is 28.9. The number of hydrogen-bond acceptors (Lipinski definition) is 4. The molecule has 0 spiro atoms. The Morgan fingerprint density at radius 1 is 0.810 bits per heavy atom. The van der Waals surface area contributed by atoms with E-state index in [1.165, 1.54) is 42.3 Å². The topological polar surface area (TPSA) is 86.8 Å². The monoisotopic (exact) mass is 643 g/mol. The van der Waals surface area contributed by atoms with Crippen LogP contribution in [0.5, 0.6) is 0 Å². The number of likely N-dealkylation sites (N-methyl/N-ethyl adjacent to an activating group) is 1. The molecule has 218 valence electrons. The van der Waals surface area contributed by atoms with Gasteiger partial charge in [-0.3, -0.25) is 13.9 Å². The van der Waals surface area contributed by atoms with Crippen LogP contribution in [0.1, 0.15) is 11.1 Å². The van der Waals surface area contributed by atoms with Crippen LogP contribution >= 0.6 is 34.8 Å². The minimum atomic E-state index is -4.27. The van der Waals surface area contributed by atoms with Crippen molar-refractivity contribution < 1.29 is 18.0 Å². The Morgan fingerprint density at radius 3 is 2.12 bits per heavy atom. The number of sulfonamides is 1. The van der Waals surface area contributed by atoms with E-state index in [-0.39, 0.29) is 28.6 Å². The zero-order chi connectivity index (χ0) is 30.3. The molecule has 0 aliphatic rings.